The molecule has 1 aliphatic rings. The van der Waals surface area contributed by atoms with Crippen molar-refractivity contribution in [3.63, 3.8) is 0 Å². The predicted octanol–water partition coefficient (Wildman–Crippen LogP) is -0.453. The van der Waals surface area contributed by atoms with Gasteiger partial charge < -0.3 is 0 Å². The van der Waals surface area contributed by atoms with Crippen LogP contribution >= 0.6 is 0 Å². The number of aromatic nitrogens is 2. The van der Waals surface area contributed by atoms with E-state index in [4.69, 9.17) is 4.84 Å². The maximum absolute atomic E-state index is 11.6. The van der Waals surface area contributed by atoms with E-state index < -0.39 is 0 Å². The van der Waals surface area contributed by atoms with Gasteiger partial charge in [0, 0.05) is 6.07 Å². The molecule has 2 heterocycles. The largest absolute Gasteiger partial charge is 0.297 e. The summed E-state index contributed by atoms with van der Waals surface area (Å²) in [6.45, 7) is 1.12. The van der Waals surface area contributed by atoms with Gasteiger partial charge in [-0.1, -0.05) is 0 Å². The predicted molar refractivity (Wildman–Crippen MR) is 46.5 cm³/mol. The lowest BCUT2D eigenvalue weighted by Gasteiger charge is -2.11. The van der Waals surface area contributed by atoms with Gasteiger partial charge in [0.15, 0.2) is 5.69 Å². The van der Waals surface area contributed by atoms with Crippen molar-refractivity contribution in [3.05, 3.63) is 28.2 Å². The lowest BCUT2D eigenvalue weighted by Crippen LogP contribution is -2.28. The Morgan fingerprint density at radius 3 is 3.00 bits per heavy atom. The number of hydrogen-bond donors (Lipinski definition) is 1. The van der Waals surface area contributed by atoms with Crippen LogP contribution in [0.15, 0.2) is 16.9 Å². The Hall–Kier alpha value is -1.69. The molecule has 1 aromatic heterocycles. The molecular formula is C8H9N3O3. The Morgan fingerprint density at radius 1 is 1.57 bits per heavy atom. The number of rotatable bonds is 1. The Labute approximate surface area is 79.4 Å². The first kappa shape index (κ1) is 8.89. The maximum Gasteiger partial charge on any atom is 0.297 e. The van der Waals surface area contributed by atoms with Crippen LogP contribution in [-0.4, -0.2) is 34.3 Å². The second-order valence-corrected chi connectivity index (χ2v) is 2.90. The molecule has 0 saturated carbocycles. The number of amides is 1. The third-order valence-corrected chi connectivity index (χ3v) is 1.88. The van der Waals surface area contributed by atoms with Crippen LogP contribution in [0, 0.1) is 0 Å². The molecule has 0 radical (unpaired) electrons. The zero-order valence-corrected chi connectivity index (χ0v) is 7.40. The maximum atomic E-state index is 11.6. The van der Waals surface area contributed by atoms with Gasteiger partial charge in [0.1, 0.15) is 0 Å². The Balaban J connectivity index is 2.18. The summed E-state index contributed by atoms with van der Waals surface area (Å²) in [5, 5.41) is 7.06. The molecule has 0 spiro atoms. The number of nitrogens with zero attached hydrogens (tertiary/aromatic N) is 2. The molecule has 0 atom stereocenters. The molecule has 0 unspecified atom stereocenters. The lowest BCUT2D eigenvalue weighted by atomic mass is 10.3. The van der Waals surface area contributed by atoms with Gasteiger partial charge in [0.05, 0.1) is 13.2 Å². The summed E-state index contributed by atoms with van der Waals surface area (Å²) >= 11 is 0. The minimum Gasteiger partial charge on any atom is -0.271 e. The quantitative estimate of drug-likeness (QED) is 0.658. The summed E-state index contributed by atoms with van der Waals surface area (Å²) in [5.74, 6) is -0.321. The van der Waals surface area contributed by atoms with Gasteiger partial charge in [-0.25, -0.2) is 10.2 Å². The van der Waals surface area contributed by atoms with Crippen LogP contribution in [0.5, 0.6) is 0 Å². The number of carbonyl (C=O) groups excluding carboxylic acids is 1. The fourth-order valence-corrected chi connectivity index (χ4v) is 1.20. The SMILES string of the molecule is O=C(c1ccc(=O)[nH]n1)N1CCCO1. The van der Waals surface area contributed by atoms with Gasteiger partial charge in [-0.3, -0.25) is 14.4 Å². The van der Waals surface area contributed by atoms with Crippen molar-refractivity contribution >= 4 is 5.91 Å². The van der Waals surface area contributed by atoms with Gasteiger partial charge in [-0.15, -0.1) is 0 Å². The molecule has 0 bridgehead atoms. The molecule has 0 aliphatic carbocycles. The third kappa shape index (κ3) is 1.64. The van der Waals surface area contributed by atoms with E-state index in [1.807, 2.05) is 0 Å². The van der Waals surface area contributed by atoms with E-state index >= 15 is 0 Å². The normalized spacial score (nSPS) is 15.9. The summed E-state index contributed by atoms with van der Waals surface area (Å²) in [6.07, 6.45) is 0.828. The van der Waals surface area contributed by atoms with E-state index in [1.54, 1.807) is 0 Å². The minimum absolute atomic E-state index is 0.187. The van der Waals surface area contributed by atoms with E-state index in [1.165, 1.54) is 17.2 Å². The first-order valence-electron chi connectivity index (χ1n) is 4.28. The summed E-state index contributed by atoms with van der Waals surface area (Å²) in [6, 6.07) is 2.64. The highest BCUT2D eigenvalue weighted by Gasteiger charge is 2.21. The summed E-state index contributed by atoms with van der Waals surface area (Å²) in [4.78, 5) is 27.3. The molecule has 74 valence electrons. The average Bonchev–Trinajstić information content (AvgIpc) is 2.71. The molecule has 0 aromatic carbocycles. The minimum atomic E-state index is -0.330. The number of aromatic amines is 1. The molecular weight excluding hydrogens is 186 g/mol. The monoisotopic (exact) mass is 195 g/mol. The molecule has 6 heteroatoms. The van der Waals surface area contributed by atoms with Crippen molar-refractivity contribution in [3.8, 4) is 0 Å². The van der Waals surface area contributed by atoms with Crippen LogP contribution in [0.1, 0.15) is 16.9 Å². The fraction of sp³-hybridized carbons (Fsp3) is 0.375. The van der Waals surface area contributed by atoms with Crippen LogP contribution in [0.25, 0.3) is 0 Å². The molecule has 1 N–H and O–H groups in total. The molecule has 2 rings (SSSR count). The highest BCUT2D eigenvalue weighted by Crippen LogP contribution is 2.07. The van der Waals surface area contributed by atoms with Crippen LogP contribution in [0.2, 0.25) is 0 Å². The first-order valence-corrected chi connectivity index (χ1v) is 4.28. The first-order chi connectivity index (χ1) is 6.77. The van der Waals surface area contributed by atoms with Gasteiger partial charge in [-0.2, -0.15) is 5.10 Å². The molecule has 1 fully saturated rings. The summed E-state index contributed by atoms with van der Waals surface area (Å²) < 4.78 is 0. The number of hydrogen-bond acceptors (Lipinski definition) is 4. The Morgan fingerprint density at radius 2 is 2.43 bits per heavy atom. The van der Waals surface area contributed by atoms with Gasteiger partial charge in [-0.05, 0) is 12.5 Å². The molecule has 1 amide bonds. The van der Waals surface area contributed by atoms with Crippen LogP contribution in [-0.2, 0) is 4.84 Å². The molecule has 1 aliphatic heterocycles. The Kier molecular flexibility index (Phi) is 2.28. The van der Waals surface area contributed by atoms with Crippen molar-refractivity contribution < 1.29 is 9.63 Å². The fourth-order valence-electron chi connectivity index (χ4n) is 1.20. The molecule has 1 saturated heterocycles. The van der Waals surface area contributed by atoms with Crippen molar-refractivity contribution in [1.82, 2.24) is 15.3 Å². The van der Waals surface area contributed by atoms with Crippen LogP contribution in [0.4, 0.5) is 0 Å². The van der Waals surface area contributed by atoms with E-state index in [2.05, 4.69) is 10.2 Å². The third-order valence-electron chi connectivity index (χ3n) is 1.88. The van der Waals surface area contributed by atoms with Gasteiger partial charge in [0.25, 0.3) is 11.5 Å². The molecule has 1 aromatic rings. The number of nitrogens with one attached hydrogen (secondary N) is 1. The van der Waals surface area contributed by atoms with Gasteiger partial charge in [0.2, 0.25) is 0 Å². The lowest BCUT2D eigenvalue weighted by molar-refractivity contribution is -0.0772. The van der Waals surface area contributed by atoms with E-state index in [9.17, 15) is 9.59 Å². The number of carbonyl (C=O) groups is 1. The summed E-state index contributed by atoms with van der Waals surface area (Å²) in [7, 11) is 0. The topological polar surface area (TPSA) is 75.3 Å². The standard InChI is InChI=1S/C8H9N3O3/c12-7-3-2-6(9-10-7)8(13)11-4-1-5-14-11/h2-3H,1,4-5H2,(H,10,12). The van der Waals surface area contributed by atoms with Crippen molar-refractivity contribution in [1.29, 1.82) is 0 Å². The second-order valence-electron chi connectivity index (χ2n) is 2.90. The van der Waals surface area contributed by atoms with Crippen LogP contribution in [0.3, 0.4) is 0 Å². The zero-order valence-electron chi connectivity index (χ0n) is 7.40. The second kappa shape index (κ2) is 3.59. The van der Waals surface area contributed by atoms with Gasteiger partial charge >= 0.3 is 0 Å². The van der Waals surface area contributed by atoms with E-state index in [0.717, 1.165) is 6.42 Å². The number of hydroxylamine groups is 2. The molecule has 14 heavy (non-hydrogen) atoms. The van der Waals surface area contributed by atoms with Crippen molar-refractivity contribution in [2.24, 2.45) is 0 Å². The summed E-state index contributed by atoms with van der Waals surface area (Å²) in [5.41, 5.74) is -0.143. The Bertz CT molecular complexity index is 375. The van der Waals surface area contributed by atoms with Crippen molar-refractivity contribution in [2.75, 3.05) is 13.2 Å². The smallest absolute Gasteiger partial charge is 0.271 e. The van der Waals surface area contributed by atoms with Crippen LogP contribution < -0.4 is 5.56 Å². The highest BCUT2D eigenvalue weighted by atomic mass is 16.7. The average molecular weight is 195 g/mol. The van der Waals surface area contributed by atoms with Crippen molar-refractivity contribution in [2.45, 2.75) is 6.42 Å². The highest BCUT2D eigenvalue weighted by molar-refractivity contribution is 5.91. The zero-order chi connectivity index (χ0) is 9.97. The van der Waals surface area contributed by atoms with E-state index in [0.29, 0.717) is 13.2 Å². The van der Waals surface area contributed by atoms with E-state index in [-0.39, 0.29) is 17.2 Å². The molecule has 6 nitrogen and oxygen atoms in total. The number of H-pyrrole nitrogens is 1.